The van der Waals surface area contributed by atoms with Crippen molar-refractivity contribution >= 4 is 45.2 Å². The summed E-state index contributed by atoms with van der Waals surface area (Å²) in [5.41, 5.74) is 2.86. The van der Waals surface area contributed by atoms with Gasteiger partial charge in [0, 0.05) is 16.2 Å². The van der Waals surface area contributed by atoms with Gasteiger partial charge >= 0.3 is 0 Å². The van der Waals surface area contributed by atoms with E-state index in [1.807, 2.05) is 24.3 Å². The van der Waals surface area contributed by atoms with E-state index in [0.717, 1.165) is 16.1 Å². The van der Waals surface area contributed by atoms with Crippen molar-refractivity contribution in [1.29, 1.82) is 0 Å². The number of aromatic nitrogens is 2. The average Bonchev–Trinajstić information content (AvgIpc) is 2.83. The van der Waals surface area contributed by atoms with Crippen LogP contribution in [0.3, 0.4) is 0 Å². The maximum Gasteiger partial charge on any atom is 0.138 e. The fraction of sp³-hybridized carbons (Fsp3) is 0. The summed E-state index contributed by atoms with van der Waals surface area (Å²) in [6.45, 7) is 0. The van der Waals surface area contributed by atoms with Crippen molar-refractivity contribution in [3.05, 3.63) is 63.9 Å². The molecule has 1 aromatic carbocycles. The van der Waals surface area contributed by atoms with Crippen LogP contribution in [-0.2, 0) is 4.79 Å². The van der Waals surface area contributed by atoms with Crippen LogP contribution < -0.4 is 5.11 Å². The number of nitrogens with zero attached hydrogens (tertiary/aromatic N) is 2. The maximum absolute atomic E-state index is 10.7. The summed E-state index contributed by atoms with van der Waals surface area (Å²) in [5, 5.41) is 11.3. The predicted octanol–water partition coefficient (Wildman–Crippen LogP) is 3.18. The zero-order valence-corrected chi connectivity index (χ0v) is 13.5. The van der Waals surface area contributed by atoms with Crippen molar-refractivity contribution in [3.8, 4) is 11.3 Å². The minimum absolute atomic E-state index is 0.537. The number of hydrogen-bond acceptors (Lipinski definition) is 3. The van der Waals surface area contributed by atoms with Gasteiger partial charge in [0.2, 0.25) is 0 Å². The van der Waals surface area contributed by atoms with Crippen LogP contribution in [0.25, 0.3) is 23.0 Å². The Bertz CT molecular complexity index is 885. The molecule has 0 bridgehead atoms. The van der Waals surface area contributed by atoms with Gasteiger partial charge in [-0.25, -0.2) is 4.98 Å². The Labute approximate surface area is 139 Å². The van der Waals surface area contributed by atoms with E-state index in [-0.39, 0.29) is 0 Å². The van der Waals surface area contributed by atoms with Gasteiger partial charge in [-0.2, -0.15) is 0 Å². The van der Waals surface area contributed by atoms with E-state index >= 15 is 0 Å². The van der Waals surface area contributed by atoms with Crippen LogP contribution in [0, 0.1) is 0 Å². The molecule has 22 heavy (non-hydrogen) atoms. The highest BCUT2D eigenvalue weighted by atomic mass is 79.9. The summed E-state index contributed by atoms with van der Waals surface area (Å²) < 4.78 is 2.70. The summed E-state index contributed by atoms with van der Waals surface area (Å²) in [4.78, 5) is 15.3. The second kappa shape index (κ2) is 5.94. The Kier molecular flexibility index (Phi) is 4.00. The van der Waals surface area contributed by atoms with Crippen LogP contribution in [0.15, 0.2) is 53.1 Å². The van der Waals surface area contributed by atoms with Gasteiger partial charge in [0.25, 0.3) is 0 Å². The van der Waals surface area contributed by atoms with Crippen LogP contribution in [-0.4, -0.2) is 15.4 Å². The van der Waals surface area contributed by atoms with Gasteiger partial charge in [0.15, 0.2) is 0 Å². The number of pyridine rings is 1. The minimum atomic E-state index is -1.27. The molecular formula is C16H9BrClN2O2-. The third-order valence-electron chi connectivity index (χ3n) is 3.11. The Morgan fingerprint density at radius 2 is 1.95 bits per heavy atom. The number of carbonyl (C=O) groups excluding carboxylic acids is 1. The van der Waals surface area contributed by atoms with Crippen molar-refractivity contribution in [2.75, 3.05) is 0 Å². The molecule has 3 aromatic rings. The standard InChI is InChI=1S/C16H10BrClN2O2/c17-11-3-1-10(2-4-11)16-13(6-8-15(21)22)20-9-12(18)5-7-14(20)19-16/h1-9H,(H,21,22)/p-1/b8-6+. The van der Waals surface area contributed by atoms with Crippen LogP contribution in [0.5, 0.6) is 0 Å². The Balaban J connectivity index is 2.26. The minimum Gasteiger partial charge on any atom is -0.545 e. The van der Waals surface area contributed by atoms with Crippen LogP contribution in [0.2, 0.25) is 5.02 Å². The topological polar surface area (TPSA) is 57.4 Å². The molecule has 0 aliphatic heterocycles. The molecule has 2 heterocycles. The molecule has 0 amide bonds. The lowest BCUT2D eigenvalue weighted by atomic mass is 10.1. The van der Waals surface area contributed by atoms with Gasteiger partial charge < -0.3 is 9.90 Å². The monoisotopic (exact) mass is 375 g/mol. The van der Waals surface area contributed by atoms with Gasteiger partial charge in [-0.3, -0.25) is 4.40 Å². The third-order valence-corrected chi connectivity index (χ3v) is 3.87. The van der Waals surface area contributed by atoms with E-state index in [0.29, 0.717) is 22.1 Å². The van der Waals surface area contributed by atoms with Gasteiger partial charge in [-0.15, -0.1) is 0 Å². The summed E-state index contributed by atoms with van der Waals surface area (Å²) >= 11 is 9.41. The molecule has 0 aliphatic carbocycles. The number of carboxylic acid groups (broad SMARTS) is 1. The fourth-order valence-electron chi connectivity index (χ4n) is 2.16. The third kappa shape index (κ3) is 2.91. The van der Waals surface area contributed by atoms with Crippen LogP contribution in [0.4, 0.5) is 0 Å². The second-order valence-electron chi connectivity index (χ2n) is 4.58. The highest BCUT2D eigenvalue weighted by Crippen LogP contribution is 2.27. The molecule has 3 rings (SSSR count). The molecule has 0 N–H and O–H groups in total. The number of benzene rings is 1. The van der Waals surface area contributed by atoms with E-state index < -0.39 is 5.97 Å². The zero-order valence-electron chi connectivity index (χ0n) is 11.2. The lowest BCUT2D eigenvalue weighted by Gasteiger charge is -2.02. The predicted molar refractivity (Wildman–Crippen MR) is 87.4 cm³/mol. The molecule has 0 aliphatic rings. The van der Waals surface area contributed by atoms with Crippen molar-refractivity contribution in [2.45, 2.75) is 0 Å². The van der Waals surface area contributed by atoms with Crippen molar-refractivity contribution in [3.63, 3.8) is 0 Å². The number of halogens is 2. The first-order valence-corrected chi connectivity index (χ1v) is 7.54. The summed E-state index contributed by atoms with van der Waals surface area (Å²) in [6, 6.07) is 11.1. The molecule has 110 valence electrons. The van der Waals surface area contributed by atoms with Crippen LogP contribution in [0.1, 0.15) is 5.69 Å². The van der Waals surface area contributed by atoms with E-state index in [1.54, 1.807) is 22.7 Å². The highest BCUT2D eigenvalue weighted by Gasteiger charge is 2.12. The molecule has 0 spiro atoms. The molecule has 0 atom stereocenters. The molecule has 0 fully saturated rings. The zero-order chi connectivity index (χ0) is 15.7. The number of aliphatic carboxylic acids is 1. The van der Waals surface area contributed by atoms with Gasteiger partial charge in [-0.1, -0.05) is 39.7 Å². The van der Waals surface area contributed by atoms with Gasteiger partial charge in [0.1, 0.15) is 5.65 Å². The van der Waals surface area contributed by atoms with E-state index in [4.69, 9.17) is 11.6 Å². The largest absolute Gasteiger partial charge is 0.545 e. The second-order valence-corrected chi connectivity index (χ2v) is 5.93. The quantitative estimate of drug-likeness (QED) is 0.660. The molecule has 0 saturated carbocycles. The fourth-order valence-corrected chi connectivity index (χ4v) is 2.59. The first kappa shape index (κ1) is 14.8. The van der Waals surface area contributed by atoms with Crippen LogP contribution >= 0.6 is 27.5 Å². The van der Waals surface area contributed by atoms with Crippen molar-refractivity contribution < 1.29 is 9.90 Å². The lowest BCUT2D eigenvalue weighted by Crippen LogP contribution is -2.18. The Morgan fingerprint density at radius 3 is 2.64 bits per heavy atom. The summed E-state index contributed by atoms with van der Waals surface area (Å²) in [5.74, 6) is -1.27. The number of fused-ring (bicyclic) bond motifs is 1. The van der Waals surface area contributed by atoms with Crippen molar-refractivity contribution in [1.82, 2.24) is 9.38 Å². The van der Waals surface area contributed by atoms with E-state index in [9.17, 15) is 9.90 Å². The highest BCUT2D eigenvalue weighted by molar-refractivity contribution is 9.10. The smallest absolute Gasteiger partial charge is 0.138 e. The Hall–Kier alpha value is -2.11. The molecule has 6 heteroatoms. The number of hydrogen-bond donors (Lipinski definition) is 0. The number of imidazole rings is 1. The van der Waals surface area contributed by atoms with Gasteiger partial charge in [0.05, 0.1) is 22.4 Å². The van der Waals surface area contributed by atoms with Gasteiger partial charge in [-0.05, 0) is 36.4 Å². The molecule has 2 aromatic heterocycles. The first-order chi connectivity index (χ1) is 10.5. The van der Waals surface area contributed by atoms with E-state index in [1.165, 1.54) is 6.08 Å². The number of carboxylic acids is 1. The van der Waals surface area contributed by atoms with Crippen molar-refractivity contribution in [2.24, 2.45) is 0 Å². The number of carbonyl (C=O) groups is 1. The normalized spacial score (nSPS) is 11.4. The molecule has 0 saturated heterocycles. The summed E-state index contributed by atoms with van der Waals surface area (Å²) in [7, 11) is 0. The molecular weight excluding hydrogens is 368 g/mol. The molecule has 0 radical (unpaired) electrons. The van der Waals surface area contributed by atoms with E-state index in [2.05, 4.69) is 20.9 Å². The molecule has 4 nitrogen and oxygen atoms in total. The SMILES string of the molecule is O=C([O-])/C=C/c1c(-c2ccc(Br)cc2)nc2ccc(Cl)cn12. The Morgan fingerprint density at radius 1 is 1.23 bits per heavy atom. The average molecular weight is 377 g/mol. The lowest BCUT2D eigenvalue weighted by molar-refractivity contribution is -0.297. The molecule has 0 unspecified atom stereocenters. The number of rotatable bonds is 3. The maximum atomic E-state index is 10.7. The first-order valence-electron chi connectivity index (χ1n) is 6.37. The summed E-state index contributed by atoms with van der Waals surface area (Å²) in [6.07, 6.45) is 4.14.